The summed E-state index contributed by atoms with van der Waals surface area (Å²) in [6.07, 6.45) is 3.12. The summed E-state index contributed by atoms with van der Waals surface area (Å²) in [5.74, 6) is -1.21. The van der Waals surface area contributed by atoms with Gasteiger partial charge in [0.1, 0.15) is 0 Å². The number of Topliss-reactive ketones (excluding diaryl/α,β-unsaturated/α-hetero) is 1. The van der Waals surface area contributed by atoms with Crippen molar-refractivity contribution in [1.29, 1.82) is 0 Å². The Labute approximate surface area is 187 Å². The van der Waals surface area contributed by atoms with E-state index in [-0.39, 0.29) is 5.56 Å². The zero-order chi connectivity index (χ0) is 22.8. The Morgan fingerprint density at radius 1 is 1.09 bits per heavy atom. The van der Waals surface area contributed by atoms with Gasteiger partial charge in [-0.1, -0.05) is 18.2 Å². The monoisotopic (exact) mass is 450 g/mol. The third-order valence-electron chi connectivity index (χ3n) is 5.38. The van der Waals surface area contributed by atoms with E-state index in [1.165, 1.54) is 15.4 Å². The summed E-state index contributed by atoms with van der Waals surface area (Å²) in [6.45, 7) is 4.49. The fourth-order valence-electron chi connectivity index (χ4n) is 3.76. The first-order chi connectivity index (χ1) is 15.5. The molecule has 32 heavy (non-hydrogen) atoms. The average Bonchev–Trinajstić information content (AvgIpc) is 3.23. The summed E-state index contributed by atoms with van der Waals surface area (Å²) < 4.78 is 23.8. The lowest BCUT2D eigenvalue weighted by Crippen LogP contribution is -2.36. The summed E-state index contributed by atoms with van der Waals surface area (Å²) >= 11 is -2.41. The summed E-state index contributed by atoms with van der Waals surface area (Å²) in [6, 6.07) is 14.0. The van der Waals surface area contributed by atoms with Gasteiger partial charge >= 0.3 is 0 Å². The molecule has 0 saturated carbocycles. The van der Waals surface area contributed by atoms with E-state index in [1.807, 2.05) is 26.0 Å². The van der Waals surface area contributed by atoms with Crippen LogP contribution in [0.4, 0.5) is 11.4 Å². The molecule has 0 aliphatic rings. The van der Waals surface area contributed by atoms with Gasteiger partial charge in [0.15, 0.2) is 0 Å². The van der Waals surface area contributed by atoms with Crippen molar-refractivity contribution >= 4 is 56.1 Å². The van der Waals surface area contributed by atoms with Crippen LogP contribution in [0.25, 0.3) is 21.8 Å². The number of aromatic nitrogens is 2. The lowest BCUT2D eigenvalue weighted by atomic mass is 10.1. The molecule has 0 aliphatic heterocycles. The number of hydrogen-bond donors (Lipinski definition) is 2. The van der Waals surface area contributed by atoms with Crippen LogP contribution in [0.5, 0.6) is 0 Å². The van der Waals surface area contributed by atoms with Crippen LogP contribution in [0.1, 0.15) is 24.2 Å². The minimum absolute atomic E-state index is 0.221. The first kappa shape index (κ1) is 21.7. The van der Waals surface area contributed by atoms with Crippen molar-refractivity contribution in [3.63, 3.8) is 0 Å². The Balaban J connectivity index is 1.83. The van der Waals surface area contributed by atoms with Crippen LogP contribution in [0, 0.1) is 0 Å². The van der Waals surface area contributed by atoms with Gasteiger partial charge in [0.25, 0.3) is 23.0 Å². The van der Waals surface area contributed by atoms with Crippen LogP contribution < -0.4 is 4.31 Å². The van der Waals surface area contributed by atoms with Crippen molar-refractivity contribution in [3.8, 4) is 0 Å². The second kappa shape index (κ2) is 8.89. The SMILES string of the molecule is CCN(CC)C(=O)C(=O)c1c[nH]c2ccc(N(c3cccc4cccnc34)S(=O)O)cc12. The molecule has 2 aromatic heterocycles. The van der Waals surface area contributed by atoms with E-state index in [0.717, 1.165) is 5.39 Å². The number of anilines is 2. The smallest absolute Gasteiger partial charge is 0.295 e. The van der Waals surface area contributed by atoms with Crippen molar-refractivity contribution in [2.75, 3.05) is 17.4 Å². The fraction of sp³-hybridized carbons (Fsp3) is 0.174. The van der Waals surface area contributed by atoms with Gasteiger partial charge in [-0.3, -0.25) is 19.1 Å². The number of benzene rings is 2. The normalized spacial score (nSPS) is 12.1. The van der Waals surface area contributed by atoms with Crippen LogP contribution in [0.2, 0.25) is 0 Å². The highest BCUT2D eigenvalue weighted by atomic mass is 32.2. The number of pyridine rings is 1. The van der Waals surface area contributed by atoms with Gasteiger partial charge in [-0.05, 0) is 44.2 Å². The standard InChI is InChI=1S/C23H22N4O4S/c1-3-26(4-2)23(29)22(28)18-14-25-19-11-10-16(13-17(18)19)27(32(30)31)20-9-5-7-15-8-6-12-24-21(15)20/h5-14,25H,3-4H2,1-2H3,(H,30,31). The summed E-state index contributed by atoms with van der Waals surface area (Å²) in [7, 11) is 0. The Morgan fingerprint density at radius 2 is 1.84 bits per heavy atom. The van der Waals surface area contributed by atoms with Gasteiger partial charge in [-0.15, -0.1) is 0 Å². The van der Waals surface area contributed by atoms with Crippen molar-refractivity contribution in [1.82, 2.24) is 14.9 Å². The molecule has 4 aromatic rings. The number of hydrogen-bond acceptors (Lipinski definition) is 4. The minimum atomic E-state index is -2.41. The summed E-state index contributed by atoms with van der Waals surface area (Å²) in [5, 5.41) is 1.32. The molecule has 1 atom stereocenters. The molecule has 2 aromatic carbocycles. The Kier molecular flexibility index (Phi) is 6.02. The molecule has 0 bridgehead atoms. The van der Waals surface area contributed by atoms with Gasteiger partial charge in [-0.2, -0.15) is 0 Å². The van der Waals surface area contributed by atoms with E-state index in [0.29, 0.717) is 40.9 Å². The molecule has 2 N–H and O–H groups in total. The van der Waals surface area contributed by atoms with E-state index in [2.05, 4.69) is 9.97 Å². The highest BCUT2D eigenvalue weighted by molar-refractivity contribution is 7.81. The maximum atomic E-state index is 12.9. The van der Waals surface area contributed by atoms with E-state index in [4.69, 9.17) is 0 Å². The van der Waals surface area contributed by atoms with Crippen molar-refractivity contribution in [3.05, 3.63) is 66.5 Å². The number of likely N-dealkylation sites (N-methyl/N-ethyl adjacent to an activating group) is 1. The van der Waals surface area contributed by atoms with E-state index in [1.54, 1.807) is 42.6 Å². The number of rotatable bonds is 7. The number of carbonyl (C=O) groups is 2. The van der Waals surface area contributed by atoms with Crippen molar-refractivity contribution < 1.29 is 18.4 Å². The molecular formula is C23H22N4O4S. The molecular weight excluding hydrogens is 428 g/mol. The number of fused-ring (bicyclic) bond motifs is 2. The first-order valence-electron chi connectivity index (χ1n) is 10.2. The van der Waals surface area contributed by atoms with Crippen LogP contribution in [0.3, 0.4) is 0 Å². The lowest BCUT2D eigenvalue weighted by Gasteiger charge is -2.21. The number of ketones is 1. The van der Waals surface area contributed by atoms with E-state index in [9.17, 15) is 18.4 Å². The van der Waals surface area contributed by atoms with Gasteiger partial charge in [-0.25, -0.2) is 8.51 Å². The highest BCUT2D eigenvalue weighted by Crippen LogP contribution is 2.34. The molecule has 0 fully saturated rings. The molecule has 0 aliphatic carbocycles. The predicted molar refractivity (Wildman–Crippen MR) is 125 cm³/mol. The third-order valence-corrected chi connectivity index (χ3v) is 6.10. The molecule has 2 heterocycles. The molecule has 164 valence electrons. The topological polar surface area (TPSA) is 107 Å². The Bertz CT molecular complexity index is 1340. The molecule has 4 rings (SSSR count). The number of H-pyrrole nitrogens is 1. The summed E-state index contributed by atoms with van der Waals surface area (Å²) in [4.78, 5) is 34.3. The largest absolute Gasteiger partial charge is 0.360 e. The molecule has 0 radical (unpaired) electrons. The van der Waals surface area contributed by atoms with Crippen LogP contribution >= 0.6 is 0 Å². The maximum Gasteiger partial charge on any atom is 0.295 e. The quantitative estimate of drug-likeness (QED) is 0.251. The number of aromatic amines is 1. The van der Waals surface area contributed by atoms with Gasteiger partial charge in [0, 0.05) is 41.8 Å². The molecule has 8 nitrogen and oxygen atoms in total. The summed E-state index contributed by atoms with van der Waals surface area (Å²) in [5.41, 5.74) is 2.27. The molecule has 1 amide bonds. The molecule has 9 heteroatoms. The van der Waals surface area contributed by atoms with Crippen LogP contribution in [-0.4, -0.2) is 48.4 Å². The number of amides is 1. The number of nitrogens with one attached hydrogen (secondary N) is 1. The second-order valence-corrected chi connectivity index (χ2v) is 7.94. The predicted octanol–water partition coefficient (Wildman–Crippen LogP) is 4.04. The highest BCUT2D eigenvalue weighted by Gasteiger charge is 2.25. The third kappa shape index (κ3) is 3.76. The minimum Gasteiger partial charge on any atom is -0.360 e. The number of nitrogens with zero attached hydrogens (tertiary/aromatic N) is 3. The van der Waals surface area contributed by atoms with E-state index < -0.39 is 23.0 Å². The van der Waals surface area contributed by atoms with Crippen LogP contribution in [0.15, 0.2) is 60.9 Å². The Hall–Kier alpha value is -3.56. The first-order valence-corrected chi connectivity index (χ1v) is 11.2. The number of carbonyl (C=O) groups excluding carboxylic acids is 2. The fourth-order valence-corrected chi connectivity index (χ4v) is 4.37. The lowest BCUT2D eigenvalue weighted by molar-refractivity contribution is -0.126. The maximum absolute atomic E-state index is 12.9. The second-order valence-electron chi connectivity index (χ2n) is 7.12. The van der Waals surface area contributed by atoms with Gasteiger partial charge in [0.05, 0.1) is 22.5 Å². The molecule has 0 saturated heterocycles. The average molecular weight is 451 g/mol. The van der Waals surface area contributed by atoms with Crippen LogP contribution in [-0.2, 0) is 16.1 Å². The zero-order valence-electron chi connectivity index (χ0n) is 17.6. The van der Waals surface area contributed by atoms with Crippen molar-refractivity contribution in [2.45, 2.75) is 13.8 Å². The number of para-hydroxylation sites is 1. The van der Waals surface area contributed by atoms with Gasteiger partial charge < -0.3 is 9.88 Å². The van der Waals surface area contributed by atoms with Gasteiger partial charge in [0.2, 0.25) is 0 Å². The van der Waals surface area contributed by atoms with E-state index >= 15 is 0 Å². The molecule has 1 unspecified atom stereocenters. The zero-order valence-corrected chi connectivity index (χ0v) is 18.4. The molecule has 0 spiro atoms. The van der Waals surface area contributed by atoms with Crippen molar-refractivity contribution in [2.24, 2.45) is 0 Å². The Morgan fingerprint density at radius 3 is 2.56 bits per heavy atom.